The van der Waals surface area contributed by atoms with Gasteiger partial charge in [-0.2, -0.15) is 0 Å². The molecule has 0 aromatic heterocycles. The van der Waals surface area contributed by atoms with Crippen LogP contribution in [-0.2, 0) is 0 Å². The van der Waals surface area contributed by atoms with Gasteiger partial charge in [0, 0.05) is 6.04 Å². The van der Waals surface area contributed by atoms with Crippen LogP contribution in [0.3, 0.4) is 0 Å². The Balaban J connectivity index is 2.13. The predicted octanol–water partition coefficient (Wildman–Crippen LogP) is 2.87. The Labute approximate surface area is 84.1 Å². The lowest BCUT2D eigenvalue weighted by Gasteiger charge is -2.19. The molecule has 2 atom stereocenters. The lowest BCUT2D eigenvalue weighted by atomic mass is 9.91. The van der Waals surface area contributed by atoms with Crippen LogP contribution in [0.25, 0.3) is 0 Å². The number of halogens is 1. The van der Waals surface area contributed by atoms with E-state index in [-0.39, 0.29) is 11.9 Å². The van der Waals surface area contributed by atoms with Crippen molar-refractivity contribution in [2.45, 2.75) is 25.8 Å². The Bertz CT molecular complexity index is 320. The molecule has 2 unspecified atom stereocenters. The molecule has 0 aliphatic heterocycles. The Morgan fingerprint density at radius 1 is 1.43 bits per heavy atom. The smallest absolute Gasteiger partial charge is 0.123 e. The molecule has 0 spiro atoms. The van der Waals surface area contributed by atoms with Crippen molar-refractivity contribution in [3.8, 4) is 0 Å². The molecule has 0 radical (unpaired) electrons. The van der Waals surface area contributed by atoms with Crippen LogP contribution in [0.5, 0.6) is 0 Å². The van der Waals surface area contributed by atoms with E-state index in [0.717, 1.165) is 11.5 Å². The van der Waals surface area contributed by atoms with Crippen LogP contribution in [0, 0.1) is 17.7 Å². The average Bonchev–Trinajstić information content (AvgIpc) is 2.99. The van der Waals surface area contributed by atoms with E-state index in [1.54, 1.807) is 12.1 Å². The summed E-state index contributed by atoms with van der Waals surface area (Å²) in [5, 5.41) is 0. The van der Waals surface area contributed by atoms with Gasteiger partial charge < -0.3 is 5.73 Å². The second-order valence-corrected chi connectivity index (χ2v) is 4.28. The summed E-state index contributed by atoms with van der Waals surface area (Å²) in [4.78, 5) is 0. The summed E-state index contributed by atoms with van der Waals surface area (Å²) in [5.41, 5.74) is 7.00. The minimum absolute atomic E-state index is 0.0156. The number of benzene rings is 1. The van der Waals surface area contributed by atoms with Gasteiger partial charge in [-0.15, -0.1) is 0 Å². The summed E-state index contributed by atoms with van der Waals surface area (Å²) in [6, 6.07) is 6.62. The molecular weight excluding hydrogens is 177 g/mol. The zero-order valence-electron chi connectivity index (χ0n) is 8.41. The third-order valence-corrected chi connectivity index (χ3v) is 3.17. The number of rotatable bonds is 3. The summed E-state index contributed by atoms with van der Waals surface area (Å²) < 4.78 is 13.0. The predicted molar refractivity (Wildman–Crippen MR) is 55.2 cm³/mol. The molecule has 76 valence electrons. The van der Waals surface area contributed by atoms with Gasteiger partial charge >= 0.3 is 0 Å². The van der Waals surface area contributed by atoms with Crippen molar-refractivity contribution in [1.82, 2.24) is 0 Å². The maximum absolute atomic E-state index is 13.0. The quantitative estimate of drug-likeness (QED) is 0.784. The van der Waals surface area contributed by atoms with Crippen molar-refractivity contribution in [3.63, 3.8) is 0 Å². The van der Waals surface area contributed by atoms with Crippen LogP contribution in [0.1, 0.15) is 31.4 Å². The highest BCUT2D eigenvalue weighted by molar-refractivity contribution is 5.20. The lowest BCUT2D eigenvalue weighted by molar-refractivity contribution is 0.416. The first kappa shape index (κ1) is 9.66. The van der Waals surface area contributed by atoms with Crippen molar-refractivity contribution in [1.29, 1.82) is 0 Å². The first-order valence-electron chi connectivity index (χ1n) is 5.19. The standard InChI is InChI=1S/C12H16FN/c1-8(9-5-6-9)12(14)10-3-2-4-11(13)7-10/h2-4,7-9,12H,5-6,14H2,1H3. The molecule has 1 aromatic rings. The summed E-state index contributed by atoms with van der Waals surface area (Å²) >= 11 is 0. The fraction of sp³-hybridized carbons (Fsp3) is 0.500. The number of hydrogen-bond acceptors (Lipinski definition) is 1. The normalized spacial score (nSPS) is 20.5. The van der Waals surface area contributed by atoms with Crippen LogP contribution >= 0.6 is 0 Å². The van der Waals surface area contributed by atoms with Crippen molar-refractivity contribution in [2.24, 2.45) is 17.6 Å². The van der Waals surface area contributed by atoms with Gasteiger partial charge in [0.15, 0.2) is 0 Å². The van der Waals surface area contributed by atoms with E-state index in [9.17, 15) is 4.39 Å². The molecule has 0 saturated heterocycles. The first-order chi connectivity index (χ1) is 6.68. The Kier molecular flexibility index (Phi) is 2.55. The van der Waals surface area contributed by atoms with Gasteiger partial charge in [0.05, 0.1) is 0 Å². The summed E-state index contributed by atoms with van der Waals surface area (Å²) in [6.45, 7) is 2.16. The van der Waals surface area contributed by atoms with Gasteiger partial charge in [0.25, 0.3) is 0 Å². The third kappa shape index (κ3) is 1.95. The van der Waals surface area contributed by atoms with E-state index in [2.05, 4.69) is 6.92 Å². The van der Waals surface area contributed by atoms with E-state index in [0.29, 0.717) is 5.92 Å². The van der Waals surface area contributed by atoms with Crippen LogP contribution in [0.2, 0.25) is 0 Å². The zero-order chi connectivity index (χ0) is 10.1. The topological polar surface area (TPSA) is 26.0 Å². The first-order valence-corrected chi connectivity index (χ1v) is 5.19. The largest absolute Gasteiger partial charge is 0.324 e. The SMILES string of the molecule is CC(C1CC1)C(N)c1cccc(F)c1. The molecule has 0 heterocycles. The highest BCUT2D eigenvalue weighted by Crippen LogP contribution is 2.41. The summed E-state index contributed by atoms with van der Waals surface area (Å²) in [5.74, 6) is 1.03. The molecule has 2 heteroatoms. The molecule has 1 nitrogen and oxygen atoms in total. The second-order valence-electron chi connectivity index (χ2n) is 4.28. The molecule has 1 aliphatic carbocycles. The fourth-order valence-electron chi connectivity index (χ4n) is 1.93. The Hall–Kier alpha value is -0.890. The van der Waals surface area contributed by atoms with E-state index >= 15 is 0 Å². The Morgan fingerprint density at radius 3 is 2.71 bits per heavy atom. The van der Waals surface area contributed by atoms with Crippen molar-refractivity contribution >= 4 is 0 Å². The highest BCUT2D eigenvalue weighted by atomic mass is 19.1. The molecular formula is C12H16FN. The van der Waals surface area contributed by atoms with Gasteiger partial charge in [-0.1, -0.05) is 19.1 Å². The molecule has 2 rings (SSSR count). The fourth-order valence-corrected chi connectivity index (χ4v) is 1.93. The van der Waals surface area contributed by atoms with E-state index in [1.807, 2.05) is 6.07 Å². The number of hydrogen-bond donors (Lipinski definition) is 1. The van der Waals surface area contributed by atoms with Crippen molar-refractivity contribution in [3.05, 3.63) is 35.6 Å². The van der Waals surface area contributed by atoms with E-state index in [4.69, 9.17) is 5.73 Å². The van der Waals surface area contributed by atoms with Gasteiger partial charge in [-0.05, 0) is 42.4 Å². The molecule has 1 fully saturated rings. The van der Waals surface area contributed by atoms with Crippen molar-refractivity contribution < 1.29 is 4.39 Å². The molecule has 0 bridgehead atoms. The molecule has 0 amide bonds. The van der Waals surface area contributed by atoms with Gasteiger partial charge in [0.2, 0.25) is 0 Å². The van der Waals surface area contributed by atoms with E-state index < -0.39 is 0 Å². The molecule has 1 aromatic carbocycles. The second kappa shape index (κ2) is 3.70. The van der Waals surface area contributed by atoms with Crippen molar-refractivity contribution in [2.75, 3.05) is 0 Å². The Morgan fingerprint density at radius 2 is 2.14 bits per heavy atom. The van der Waals surface area contributed by atoms with Crippen LogP contribution < -0.4 is 5.73 Å². The van der Waals surface area contributed by atoms with E-state index in [1.165, 1.54) is 18.9 Å². The maximum atomic E-state index is 13.0. The molecule has 1 aliphatic rings. The zero-order valence-corrected chi connectivity index (χ0v) is 8.41. The van der Waals surface area contributed by atoms with Crippen LogP contribution in [-0.4, -0.2) is 0 Å². The summed E-state index contributed by atoms with van der Waals surface area (Å²) in [7, 11) is 0. The van der Waals surface area contributed by atoms with Crippen LogP contribution in [0.15, 0.2) is 24.3 Å². The number of nitrogens with two attached hydrogens (primary N) is 1. The third-order valence-electron chi connectivity index (χ3n) is 3.17. The maximum Gasteiger partial charge on any atom is 0.123 e. The van der Waals surface area contributed by atoms with Crippen LogP contribution in [0.4, 0.5) is 4.39 Å². The monoisotopic (exact) mass is 193 g/mol. The van der Waals surface area contributed by atoms with Gasteiger partial charge in [-0.3, -0.25) is 0 Å². The minimum atomic E-state index is -0.194. The van der Waals surface area contributed by atoms with Gasteiger partial charge in [0.1, 0.15) is 5.82 Å². The lowest BCUT2D eigenvalue weighted by Crippen LogP contribution is -2.20. The molecule has 1 saturated carbocycles. The highest BCUT2D eigenvalue weighted by Gasteiger charge is 2.32. The molecule has 2 N–H and O–H groups in total. The minimum Gasteiger partial charge on any atom is -0.324 e. The summed E-state index contributed by atoms with van der Waals surface area (Å²) in [6.07, 6.45) is 2.56. The van der Waals surface area contributed by atoms with Gasteiger partial charge in [-0.25, -0.2) is 4.39 Å². The average molecular weight is 193 g/mol. The molecule has 14 heavy (non-hydrogen) atoms.